The summed E-state index contributed by atoms with van der Waals surface area (Å²) in [6.45, 7) is 0. The predicted octanol–water partition coefficient (Wildman–Crippen LogP) is 4.27. The largest absolute Gasteiger partial charge is 0.465 e. The summed E-state index contributed by atoms with van der Waals surface area (Å²) in [6, 6.07) is 6.58. The second-order valence-electron chi connectivity index (χ2n) is 6.44. The van der Waals surface area contributed by atoms with Gasteiger partial charge in [-0.05, 0) is 43.9 Å². The number of pyridine rings is 2. The number of halogens is 2. The second-order valence-corrected chi connectivity index (χ2v) is 6.85. The van der Waals surface area contributed by atoms with Gasteiger partial charge >= 0.3 is 6.09 Å². The van der Waals surface area contributed by atoms with E-state index in [0.29, 0.717) is 22.1 Å². The Hall–Kier alpha value is -2.41. The molecular weight excluding hydrogens is 359 g/mol. The highest BCUT2D eigenvalue weighted by molar-refractivity contribution is 6.33. The van der Waals surface area contributed by atoms with E-state index in [1.165, 1.54) is 17.2 Å². The normalized spacial score (nSPS) is 19.8. The zero-order valence-electron chi connectivity index (χ0n) is 14.3. The van der Waals surface area contributed by atoms with Crippen LogP contribution in [0.15, 0.2) is 30.5 Å². The van der Waals surface area contributed by atoms with Crippen LogP contribution in [0.4, 0.5) is 15.0 Å². The lowest BCUT2D eigenvalue weighted by Gasteiger charge is -2.33. The van der Waals surface area contributed by atoms with Crippen LogP contribution in [-0.2, 0) is 0 Å². The van der Waals surface area contributed by atoms with E-state index in [-0.39, 0.29) is 12.1 Å². The Bertz CT molecular complexity index is 797. The third-order valence-corrected chi connectivity index (χ3v) is 5.05. The smallest absolute Gasteiger partial charge is 0.407 e. The van der Waals surface area contributed by atoms with Crippen LogP contribution < -0.4 is 5.32 Å². The summed E-state index contributed by atoms with van der Waals surface area (Å²) in [5.41, 5.74) is 1.07. The molecule has 1 saturated carbocycles. The molecule has 26 heavy (non-hydrogen) atoms. The lowest BCUT2D eigenvalue weighted by atomic mass is 9.90. The van der Waals surface area contributed by atoms with Crippen molar-refractivity contribution in [2.75, 3.05) is 12.4 Å². The van der Waals surface area contributed by atoms with Crippen molar-refractivity contribution in [3.8, 4) is 11.3 Å². The number of carbonyl (C=O) groups is 1. The van der Waals surface area contributed by atoms with E-state index in [2.05, 4.69) is 15.3 Å². The van der Waals surface area contributed by atoms with Gasteiger partial charge in [-0.1, -0.05) is 17.7 Å². The van der Waals surface area contributed by atoms with Gasteiger partial charge in [0.25, 0.3) is 0 Å². The third kappa shape index (κ3) is 4.22. The zero-order chi connectivity index (χ0) is 18.7. The molecule has 8 heteroatoms. The molecule has 2 aromatic heterocycles. The van der Waals surface area contributed by atoms with Crippen LogP contribution in [0.5, 0.6) is 0 Å². The van der Waals surface area contributed by atoms with Crippen molar-refractivity contribution in [2.45, 2.75) is 37.8 Å². The molecule has 0 aromatic carbocycles. The molecule has 1 amide bonds. The lowest BCUT2D eigenvalue weighted by molar-refractivity contribution is 0.125. The fourth-order valence-electron chi connectivity index (χ4n) is 3.24. The average molecular weight is 379 g/mol. The van der Waals surface area contributed by atoms with Crippen molar-refractivity contribution in [3.05, 3.63) is 41.4 Å². The highest BCUT2D eigenvalue weighted by atomic mass is 35.5. The van der Waals surface area contributed by atoms with Gasteiger partial charge in [0.1, 0.15) is 5.82 Å². The predicted molar refractivity (Wildman–Crippen MR) is 97.9 cm³/mol. The van der Waals surface area contributed by atoms with Crippen molar-refractivity contribution in [1.29, 1.82) is 0 Å². The van der Waals surface area contributed by atoms with Gasteiger partial charge in [-0.15, -0.1) is 0 Å². The van der Waals surface area contributed by atoms with Gasteiger partial charge in [0.15, 0.2) is 0 Å². The summed E-state index contributed by atoms with van der Waals surface area (Å²) in [6.07, 6.45) is 3.92. The molecule has 0 spiro atoms. The third-order valence-electron chi connectivity index (χ3n) is 4.74. The van der Waals surface area contributed by atoms with E-state index in [9.17, 15) is 9.18 Å². The van der Waals surface area contributed by atoms with Crippen molar-refractivity contribution in [1.82, 2.24) is 14.9 Å². The molecule has 0 radical (unpaired) electrons. The summed E-state index contributed by atoms with van der Waals surface area (Å²) in [5, 5.41) is 12.8. The van der Waals surface area contributed by atoms with Gasteiger partial charge in [0.05, 0.1) is 10.7 Å². The molecule has 0 atom stereocenters. The van der Waals surface area contributed by atoms with Gasteiger partial charge in [-0.2, -0.15) is 4.39 Å². The van der Waals surface area contributed by atoms with Crippen LogP contribution in [-0.4, -0.2) is 45.2 Å². The first-order valence-electron chi connectivity index (χ1n) is 8.45. The van der Waals surface area contributed by atoms with Gasteiger partial charge in [0.2, 0.25) is 5.95 Å². The molecule has 6 nitrogen and oxygen atoms in total. The fraction of sp³-hybridized carbons (Fsp3) is 0.389. The van der Waals surface area contributed by atoms with Crippen molar-refractivity contribution < 1.29 is 14.3 Å². The van der Waals surface area contributed by atoms with E-state index in [0.717, 1.165) is 25.7 Å². The fourth-order valence-corrected chi connectivity index (χ4v) is 3.45. The van der Waals surface area contributed by atoms with Crippen LogP contribution in [0, 0.1) is 5.95 Å². The minimum absolute atomic E-state index is 0.0516. The molecule has 1 fully saturated rings. The minimum atomic E-state index is -0.895. The highest BCUT2D eigenvalue weighted by Crippen LogP contribution is 2.30. The van der Waals surface area contributed by atoms with Crippen molar-refractivity contribution >= 4 is 23.5 Å². The Kier molecular flexibility index (Phi) is 5.56. The maximum absolute atomic E-state index is 13.4. The molecule has 2 N–H and O–H groups in total. The summed E-state index contributed by atoms with van der Waals surface area (Å²) in [7, 11) is 1.61. The molecule has 0 aliphatic heterocycles. The SMILES string of the molecule is CN(C(=O)O)[C@H]1CC[C@H](Nc2cc(-c3cccc(F)n3)c(Cl)cn2)CC1. The average Bonchev–Trinajstić information content (AvgIpc) is 2.63. The van der Waals surface area contributed by atoms with E-state index >= 15 is 0 Å². The Labute approximate surface area is 156 Å². The highest BCUT2D eigenvalue weighted by Gasteiger charge is 2.26. The minimum Gasteiger partial charge on any atom is -0.465 e. The van der Waals surface area contributed by atoms with Crippen LogP contribution in [0.1, 0.15) is 25.7 Å². The molecule has 2 heterocycles. The van der Waals surface area contributed by atoms with Gasteiger partial charge < -0.3 is 15.3 Å². The Morgan fingerprint density at radius 1 is 1.35 bits per heavy atom. The molecule has 1 aliphatic carbocycles. The van der Waals surface area contributed by atoms with Crippen LogP contribution in [0.25, 0.3) is 11.3 Å². The number of hydrogen-bond acceptors (Lipinski definition) is 4. The van der Waals surface area contributed by atoms with Crippen LogP contribution >= 0.6 is 11.6 Å². The van der Waals surface area contributed by atoms with E-state index < -0.39 is 12.0 Å². The summed E-state index contributed by atoms with van der Waals surface area (Å²) < 4.78 is 13.4. The zero-order valence-corrected chi connectivity index (χ0v) is 15.1. The monoisotopic (exact) mass is 378 g/mol. The van der Waals surface area contributed by atoms with E-state index in [1.807, 2.05) is 0 Å². The van der Waals surface area contributed by atoms with Crippen molar-refractivity contribution in [2.24, 2.45) is 0 Å². The molecule has 3 rings (SSSR count). The van der Waals surface area contributed by atoms with E-state index in [1.54, 1.807) is 25.2 Å². The van der Waals surface area contributed by atoms with Crippen molar-refractivity contribution in [3.63, 3.8) is 0 Å². The van der Waals surface area contributed by atoms with Gasteiger partial charge in [-0.3, -0.25) is 0 Å². The van der Waals surface area contributed by atoms with Gasteiger partial charge in [-0.25, -0.2) is 14.8 Å². The molecule has 0 unspecified atom stereocenters. The number of hydrogen-bond donors (Lipinski definition) is 2. The van der Waals surface area contributed by atoms with E-state index in [4.69, 9.17) is 16.7 Å². The Morgan fingerprint density at radius 3 is 2.73 bits per heavy atom. The van der Waals surface area contributed by atoms with Gasteiger partial charge in [0, 0.05) is 30.9 Å². The molecule has 0 bridgehead atoms. The number of carboxylic acid groups (broad SMARTS) is 1. The molecular formula is C18H20ClFN4O2. The first-order chi connectivity index (χ1) is 12.4. The maximum Gasteiger partial charge on any atom is 0.407 e. The lowest BCUT2D eigenvalue weighted by Crippen LogP contribution is -2.40. The van der Waals surface area contributed by atoms with Crippen LogP contribution in [0.2, 0.25) is 5.02 Å². The number of nitrogens with one attached hydrogen (secondary N) is 1. The Morgan fingerprint density at radius 2 is 2.08 bits per heavy atom. The quantitative estimate of drug-likeness (QED) is 0.777. The number of aromatic nitrogens is 2. The topological polar surface area (TPSA) is 78.4 Å². The number of rotatable bonds is 4. The maximum atomic E-state index is 13.4. The summed E-state index contributed by atoms with van der Waals surface area (Å²) in [4.78, 5) is 20.6. The summed E-state index contributed by atoms with van der Waals surface area (Å²) in [5.74, 6) is 0.0799. The number of anilines is 1. The number of nitrogens with zero attached hydrogens (tertiary/aromatic N) is 3. The molecule has 2 aromatic rings. The molecule has 0 saturated heterocycles. The number of amides is 1. The molecule has 1 aliphatic rings. The second kappa shape index (κ2) is 7.86. The standard InChI is InChI=1S/C18H20ClFN4O2/c1-24(18(25)26)12-7-5-11(6-8-12)22-17-9-13(14(19)10-21-17)15-3-2-4-16(20)23-15/h2-4,9-12H,5-8H2,1H3,(H,21,22)(H,25,26)/t11-,12-. The summed E-state index contributed by atoms with van der Waals surface area (Å²) >= 11 is 6.20. The first-order valence-corrected chi connectivity index (χ1v) is 8.82. The first kappa shape index (κ1) is 18.4. The molecule has 138 valence electrons. The van der Waals surface area contributed by atoms with Crippen LogP contribution in [0.3, 0.4) is 0 Å². The Balaban J connectivity index is 1.68.